The number of hydrogen-bond donors (Lipinski definition) is 0. The highest BCUT2D eigenvalue weighted by atomic mass is 16.7. The van der Waals surface area contributed by atoms with Gasteiger partial charge < -0.3 is 18.9 Å². The average Bonchev–Trinajstić information content (AvgIpc) is 3.48. The maximum Gasteiger partial charge on any atom is 0.333 e. The molecule has 3 heterocycles. The van der Waals surface area contributed by atoms with Crippen LogP contribution in [0.2, 0.25) is 0 Å². The Morgan fingerprint density at radius 3 is 2.53 bits per heavy atom. The molecule has 208 valence electrons. The van der Waals surface area contributed by atoms with E-state index >= 15 is 0 Å². The Kier molecular flexibility index (Phi) is 5.46. The van der Waals surface area contributed by atoms with Crippen LogP contribution in [0.1, 0.15) is 93.4 Å². The number of rotatable bonds is 3. The minimum atomic E-state index is -0.946. The van der Waals surface area contributed by atoms with Gasteiger partial charge in [0.25, 0.3) is 0 Å². The van der Waals surface area contributed by atoms with Gasteiger partial charge in [0, 0.05) is 37.7 Å². The Morgan fingerprint density at radius 1 is 1.11 bits per heavy atom. The van der Waals surface area contributed by atoms with E-state index in [2.05, 4.69) is 26.8 Å². The SMILES string of the molecule is CC(=O)O[C@]12CCC(=O)OC(C)(C)[C@@H]1CC=C1[C@]3(C)CC[C@H]([C@H](C)[C@@H]4CC=C(C)C(=O)O4)[C@@]3(C)C[C@H]3O[C@@]132. The largest absolute Gasteiger partial charge is 0.459 e. The molecule has 0 aromatic heterocycles. The van der Waals surface area contributed by atoms with Gasteiger partial charge in [0.15, 0.2) is 11.2 Å². The van der Waals surface area contributed by atoms with E-state index in [1.807, 2.05) is 26.8 Å². The Morgan fingerprint density at radius 2 is 1.84 bits per heavy atom. The van der Waals surface area contributed by atoms with Gasteiger partial charge in [0.05, 0.1) is 6.10 Å². The van der Waals surface area contributed by atoms with Crippen molar-refractivity contribution in [3.05, 3.63) is 23.3 Å². The second kappa shape index (κ2) is 7.96. The molecule has 0 radical (unpaired) electrons. The monoisotopic (exact) mass is 526 g/mol. The van der Waals surface area contributed by atoms with Crippen LogP contribution in [0.25, 0.3) is 0 Å². The predicted octanol–water partition coefficient (Wildman–Crippen LogP) is 5.21. The smallest absolute Gasteiger partial charge is 0.333 e. The van der Waals surface area contributed by atoms with Crippen molar-refractivity contribution in [1.29, 1.82) is 0 Å². The molecule has 0 N–H and O–H groups in total. The van der Waals surface area contributed by atoms with Crippen molar-refractivity contribution >= 4 is 17.9 Å². The zero-order valence-corrected chi connectivity index (χ0v) is 23.8. The first-order valence-corrected chi connectivity index (χ1v) is 14.4. The van der Waals surface area contributed by atoms with Crippen LogP contribution in [-0.2, 0) is 33.3 Å². The molecule has 7 nitrogen and oxygen atoms in total. The molecule has 3 aliphatic heterocycles. The quantitative estimate of drug-likeness (QED) is 0.216. The first kappa shape index (κ1) is 26.1. The summed E-state index contributed by atoms with van der Waals surface area (Å²) in [5.41, 5.74) is -0.755. The average molecular weight is 527 g/mol. The number of cyclic esters (lactones) is 2. The summed E-state index contributed by atoms with van der Waals surface area (Å²) in [7, 11) is 0. The molecule has 7 heteroatoms. The predicted molar refractivity (Wildman–Crippen MR) is 139 cm³/mol. The van der Waals surface area contributed by atoms with Gasteiger partial charge in [-0.2, -0.15) is 0 Å². The molecular weight excluding hydrogens is 484 g/mol. The van der Waals surface area contributed by atoms with E-state index in [1.54, 1.807) is 0 Å². The molecule has 0 aromatic rings. The van der Waals surface area contributed by atoms with Crippen LogP contribution in [0.4, 0.5) is 0 Å². The summed E-state index contributed by atoms with van der Waals surface area (Å²) in [6.07, 6.45) is 9.05. The van der Waals surface area contributed by atoms with Gasteiger partial charge in [0.1, 0.15) is 11.7 Å². The molecule has 4 fully saturated rings. The third kappa shape index (κ3) is 3.14. The van der Waals surface area contributed by atoms with Crippen molar-refractivity contribution in [3.8, 4) is 0 Å². The highest BCUT2D eigenvalue weighted by Gasteiger charge is 2.84. The zero-order valence-electron chi connectivity index (χ0n) is 23.8. The molecule has 3 aliphatic carbocycles. The van der Waals surface area contributed by atoms with Crippen LogP contribution >= 0.6 is 0 Å². The number of hydrogen-bond acceptors (Lipinski definition) is 7. The van der Waals surface area contributed by atoms with Gasteiger partial charge in [-0.1, -0.05) is 32.9 Å². The molecule has 0 amide bonds. The maximum absolute atomic E-state index is 12.7. The van der Waals surface area contributed by atoms with Gasteiger partial charge in [-0.3, -0.25) is 9.59 Å². The molecule has 2 saturated carbocycles. The van der Waals surface area contributed by atoms with Crippen molar-refractivity contribution in [2.45, 2.75) is 122 Å². The van der Waals surface area contributed by atoms with Crippen molar-refractivity contribution in [1.82, 2.24) is 0 Å². The Hall–Kier alpha value is -2.15. The number of fused-ring (bicyclic) bond motifs is 3. The molecule has 0 bridgehead atoms. The summed E-state index contributed by atoms with van der Waals surface area (Å²) in [5.74, 6) is -0.422. The normalized spacial score (nSPS) is 47.4. The highest BCUT2D eigenvalue weighted by molar-refractivity contribution is 5.88. The molecule has 6 rings (SSSR count). The first-order valence-electron chi connectivity index (χ1n) is 14.4. The number of allylic oxidation sites excluding steroid dienone is 1. The Balaban J connectivity index is 1.41. The van der Waals surface area contributed by atoms with E-state index in [4.69, 9.17) is 18.9 Å². The molecular formula is C31H42O7. The lowest BCUT2D eigenvalue weighted by Gasteiger charge is -2.59. The van der Waals surface area contributed by atoms with Crippen LogP contribution in [0.5, 0.6) is 0 Å². The van der Waals surface area contributed by atoms with E-state index in [9.17, 15) is 14.4 Å². The van der Waals surface area contributed by atoms with Crippen molar-refractivity contribution in [2.75, 3.05) is 0 Å². The van der Waals surface area contributed by atoms with E-state index in [0.717, 1.165) is 25.7 Å². The summed E-state index contributed by atoms with van der Waals surface area (Å²) < 4.78 is 25.0. The first-order chi connectivity index (χ1) is 17.7. The van der Waals surface area contributed by atoms with Crippen LogP contribution in [0.3, 0.4) is 0 Å². The van der Waals surface area contributed by atoms with E-state index in [1.165, 1.54) is 12.5 Å². The fraction of sp³-hybridized carbons (Fsp3) is 0.774. The summed E-state index contributed by atoms with van der Waals surface area (Å²) in [6, 6.07) is 0. The molecule has 1 spiro atoms. The lowest BCUT2D eigenvalue weighted by Crippen LogP contribution is -2.66. The van der Waals surface area contributed by atoms with Crippen molar-refractivity contribution in [3.63, 3.8) is 0 Å². The molecule has 0 aromatic carbocycles. The van der Waals surface area contributed by atoms with Crippen LogP contribution in [0.15, 0.2) is 23.3 Å². The summed E-state index contributed by atoms with van der Waals surface area (Å²) >= 11 is 0. The minimum Gasteiger partial charge on any atom is -0.459 e. The molecule has 0 unspecified atom stereocenters. The second-order valence-corrected chi connectivity index (χ2v) is 13.8. The van der Waals surface area contributed by atoms with Gasteiger partial charge in [-0.05, 0) is 74.7 Å². The number of esters is 3. The number of ether oxygens (including phenoxy) is 4. The fourth-order valence-corrected chi connectivity index (χ4v) is 9.79. The topological polar surface area (TPSA) is 91.4 Å². The molecule has 6 aliphatic rings. The highest BCUT2D eigenvalue weighted by Crippen LogP contribution is 2.78. The van der Waals surface area contributed by atoms with Gasteiger partial charge in [-0.15, -0.1) is 0 Å². The number of epoxide rings is 1. The Bertz CT molecular complexity index is 1170. The zero-order chi connectivity index (χ0) is 27.5. The summed E-state index contributed by atoms with van der Waals surface area (Å²) in [5, 5.41) is 0. The van der Waals surface area contributed by atoms with E-state index < -0.39 is 16.8 Å². The van der Waals surface area contributed by atoms with Gasteiger partial charge in [0.2, 0.25) is 0 Å². The van der Waals surface area contributed by atoms with Crippen molar-refractivity contribution < 1.29 is 33.3 Å². The maximum atomic E-state index is 12.7. The molecule has 38 heavy (non-hydrogen) atoms. The van der Waals surface area contributed by atoms with Gasteiger partial charge >= 0.3 is 17.9 Å². The third-order valence-electron chi connectivity index (χ3n) is 11.8. The standard InChI is InChI=1S/C31H42O7/c1-17-8-9-21(35-26(17)34)18(2)20-12-14-28(6)23-11-10-22-27(4,5)38-25(33)13-15-30(22,36-19(3)32)31(23)24(37-31)16-29(20,28)7/h8,11,18,20-22,24H,9-10,12-16H2,1-7H3/t18-,20+,21-,22-,24+,28-,29+,30+,31-/m0/s1. The van der Waals surface area contributed by atoms with Crippen LogP contribution in [-0.4, -0.2) is 46.9 Å². The van der Waals surface area contributed by atoms with Crippen LogP contribution < -0.4 is 0 Å². The van der Waals surface area contributed by atoms with E-state index in [-0.39, 0.29) is 59.2 Å². The third-order valence-corrected chi connectivity index (χ3v) is 11.8. The van der Waals surface area contributed by atoms with Gasteiger partial charge in [-0.25, -0.2) is 4.79 Å². The number of carbonyl (C=O) groups is 3. The lowest BCUT2D eigenvalue weighted by atomic mass is 9.45. The van der Waals surface area contributed by atoms with Crippen molar-refractivity contribution in [2.24, 2.45) is 28.6 Å². The number of carbonyl (C=O) groups excluding carboxylic acids is 3. The second-order valence-electron chi connectivity index (χ2n) is 13.8. The lowest BCUT2D eigenvalue weighted by molar-refractivity contribution is -0.196. The Labute approximate surface area is 225 Å². The molecule has 9 atom stereocenters. The van der Waals surface area contributed by atoms with Crippen LogP contribution in [0, 0.1) is 28.6 Å². The summed E-state index contributed by atoms with van der Waals surface area (Å²) in [6.45, 7) is 14.2. The van der Waals surface area contributed by atoms with E-state index in [0.29, 0.717) is 24.3 Å². The summed E-state index contributed by atoms with van der Waals surface area (Å²) in [4.78, 5) is 37.7. The molecule has 2 saturated heterocycles. The fourth-order valence-electron chi connectivity index (χ4n) is 9.79. The minimum absolute atomic E-state index is 0.0671.